The Morgan fingerprint density at radius 3 is 2.55 bits per heavy atom. The topological polar surface area (TPSA) is 78.9 Å². The third-order valence-corrected chi connectivity index (χ3v) is 5.84. The molecule has 0 spiro atoms. The van der Waals surface area contributed by atoms with E-state index in [0.717, 1.165) is 29.1 Å². The van der Waals surface area contributed by atoms with Crippen molar-refractivity contribution in [1.29, 1.82) is 0 Å². The summed E-state index contributed by atoms with van der Waals surface area (Å²) >= 11 is 0. The molecular weight excluding hydrogens is 416 g/mol. The number of hydrogen-bond donors (Lipinski definition) is 2. The van der Waals surface area contributed by atoms with E-state index in [4.69, 9.17) is 9.84 Å². The van der Waals surface area contributed by atoms with E-state index in [1.807, 2.05) is 30.3 Å². The fourth-order valence-electron chi connectivity index (χ4n) is 4.09. The van der Waals surface area contributed by atoms with E-state index in [1.165, 1.54) is 16.8 Å². The van der Waals surface area contributed by atoms with Crippen molar-refractivity contribution in [3.8, 4) is 5.75 Å². The lowest BCUT2D eigenvalue weighted by molar-refractivity contribution is 0.0696. The van der Waals surface area contributed by atoms with Crippen LogP contribution in [-0.2, 0) is 13.1 Å². The summed E-state index contributed by atoms with van der Waals surface area (Å²) in [5, 5.41) is 14.3. The SMILES string of the molecule is O=C(O)c1cccc(CNC(=O)c2ccc(N3COc4ccc5ccccc5c4C3)cc2)c1. The highest BCUT2D eigenvalue weighted by Crippen LogP contribution is 2.34. The molecule has 6 heteroatoms. The maximum absolute atomic E-state index is 12.6. The Labute approximate surface area is 191 Å². The van der Waals surface area contributed by atoms with Crippen LogP contribution >= 0.6 is 0 Å². The van der Waals surface area contributed by atoms with Crippen molar-refractivity contribution >= 4 is 28.3 Å². The number of carboxylic acids is 1. The van der Waals surface area contributed by atoms with Gasteiger partial charge in [-0.3, -0.25) is 4.79 Å². The molecule has 4 aromatic carbocycles. The molecule has 0 unspecified atom stereocenters. The van der Waals surface area contributed by atoms with Gasteiger partial charge in [-0.15, -0.1) is 0 Å². The quantitative estimate of drug-likeness (QED) is 0.467. The van der Waals surface area contributed by atoms with Crippen LogP contribution in [0.5, 0.6) is 5.75 Å². The van der Waals surface area contributed by atoms with Crippen LogP contribution in [0.4, 0.5) is 5.69 Å². The molecular formula is C27H22N2O4. The van der Waals surface area contributed by atoms with E-state index in [2.05, 4.69) is 28.4 Å². The lowest BCUT2D eigenvalue weighted by Gasteiger charge is -2.31. The summed E-state index contributed by atoms with van der Waals surface area (Å²) in [6.45, 7) is 1.42. The Balaban J connectivity index is 1.27. The van der Waals surface area contributed by atoms with Gasteiger partial charge in [0.05, 0.1) is 12.1 Å². The van der Waals surface area contributed by atoms with Crippen LogP contribution < -0.4 is 15.0 Å². The minimum Gasteiger partial charge on any atom is -0.478 e. The van der Waals surface area contributed by atoms with Crippen molar-refractivity contribution in [1.82, 2.24) is 5.32 Å². The molecule has 0 radical (unpaired) electrons. The second-order valence-electron chi connectivity index (χ2n) is 7.97. The number of amides is 1. The number of rotatable bonds is 5. The van der Waals surface area contributed by atoms with Crippen molar-refractivity contribution in [3.63, 3.8) is 0 Å². The number of hydrogen-bond acceptors (Lipinski definition) is 4. The first-order valence-electron chi connectivity index (χ1n) is 10.7. The van der Waals surface area contributed by atoms with Gasteiger partial charge in [-0.1, -0.05) is 42.5 Å². The van der Waals surface area contributed by atoms with Crippen molar-refractivity contribution in [2.45, 2.75) is 13.1 Å². The molecule has 0 saturated carbocycles. The summed E-state index contributed by atoms with van der Waals surface area (Å²) in [6.07, 6.45) is 0. The maximum atomic E-state index is 12.6. The average Bonchev–Trinajstić information content (AvgIpc) is 2.87. The number of nitrogens with one attached hydrogen (secondary N) is 1. The summed E-state index contributed by atoms with van der Waals surface area (Å²) in [6, 6.07) is 26.3. The normalized spacial score (nSPS) is 12.7. The van der Waals surface area contributed by atoms with Crippen LogP contribution in [0, 0.1) is 0 Å². The van der Waals surface area contributed by atoms with Gasteiger partial charge in [-0.25, -0.2) is 4.79 Å². The van der Waals surface area contributed by atoms with Gasteiger partial charge in [0.1, 0.15) is 5.75 Å². The highest BCUT2D eigenvalue weighted by Gasteiger charge is 2.20. The minimum atomic E-state index is -0.990. The highest BCUT2D eigenvalue weighted by atomic mass is 16.5. The molecule has 4 aromatic rings. The van der Waals surface area contributed by atoms with E-state index in [1.54, 1.807) is 30.3 Å². The Hall–Kier alpha value is -4.32. The van der Waals surface area contributed by atoms with Crippen LogP contribution in [0.3, 0.4) is 0 Å². The third-order valence-electron chi connectivity index (χ3n) is 5.84. The second kappa shape index (κ2) is 8.67. The van der Waals surface area contributed by atoms with Crippen LogP contribution in [-0.4, -0.2) is 23.7 Å². The largest absolute Gasteiger partial charge is 0.478 e. The zero-order valence-corrected chi connectivity index (χ0v) is 17.8. The number of benzene rings is 4. The molecule has 0 bridgehead atoms. The lowest BCUT2D eigenvalue weighted by Crippen LogP contribution is -2.32. The molecule has 1 amide bonds. The lowest BCUT2D eigenvalue weighted by atomic mass is 10.0. The molecule has 164 valence electrons. The molecule has 6 nitrogen and oxygen atoms in total. The maximum Gasteiger partial charge on any atom is 0.335 e. The van der Waals surface area contributed by atoms with Gasteiger partial charge in [-0.2, -0.15) is 0 Å². The number of anilines is 1. The van der Waals surface area contributed by atoms with Gasteiger partial charge in [0.2, 0.25) is 0 Å². The number of ether oxygens (including phenoxy) is 1. The molecule has 1 heterocycles. The molecule has 0 saturated heterocycles. The van der Waals surface area contributed by atoms with Gasteiger partial charge >= 0.3 is 5.97 Å². The number of fused-ring (bicyclic) bond motifs is 3. The number of carboxylic acid groups (broad SMARTS) is 1. The summed E-state index contributed by atoms with van der Waals surface area (Å²) < 4.78 is 6.00. The number of carbonyl (C=O) groups excluding carboxylic acids is 1. The van der Waals surface area contributed by atoms with Gasteiger partial charge in [0.25, 0.3) is 5.91 Å². The standard InChI is InChI=1S/C27H22N2O4/c30-26(28-15-18-4-3-6-21(14-18)27(31)32)20-8-11-22(12-9-20)29-16-24-23-7-2-1-5-19(23)10-13-25(24)33-17-29/h1-14H,15-17H2,(H,28,30)(H,31,32). The predicted molar refractivity (Wildman–Crippen MR) is 127 cm³/mol. The van der Waals surface area contributed by atoms with Gasteiger partial charge in [0, 0.05) is 23.4 Å². The van der Waals surface area contributed by atoms with Crippen molar-refractivity contribution in [3.05, 3.63) is 107 Å². The van der Waals surface area contributed by atoms with Crippen LogP contribution in [0.15, 0.2) is 84.9 Å². The molecule has 0 fully saturated rings. The Morgan fingerprint density at radius 1 is 0.909 bits per heavy atom. The molecule has 1 aliphatic rings. The summed E-state index contributed by atoms with van der Waals surface area (Å²) in [5.41, 5.74) is 3.60. The zero-order chi connectivity index (χ0) is 22.8. The second-order valence-corrected chi connectivity index (χ2v) is 7.97. The van der Waals surface area contributed by atoms with Gasteiger partial charge in [-0.05, 0) is 58.8 Å². The number of aromatic carboxylic acids is 1. The van der Waals surface area contributed by atoms with Crippen molar-refractivity contribution in [2.75, 3.05) is 11.6 Å². The van der Waals surface area contributed by atoms with Crippen LogP contribution in [0.2, 0.25) is 0 Å². The predicted octanol–water partition coefficient (Wildman–Crippen LogP) is 4.82. The fourth-order valence-corrected chi connectivity index (χ4v) is 4.09. The molecule has 0 aliphatic carbocycles. The average molecular weight is 438 g/mol. The molecule has 2 N–H and O–H groups in total. The number of nitrogens with zero attached hydrogens (tertiary/aromatic N) is 1. The molecule has 33 heavy (non-hydrogen) atoms. The van der Waals surface area contributed by atoms with Crippen LogP contribution in [0.25, 0.3) is 10.8 Å². The summed E-state index contributed by atoms with van der Waals surface area (Å²) in [5.74, 6) is -0.294. The van der Waals surface area contributed by atoms with E-state index in [9.17, 15) is 9.59 Å². The Kier molecular flexibility index (Phi) is 5.40. The van der Waals surface area contributed by atoms with E-state index < -0.39 is 5.97 Å². The van der Waals surface area contributed by atoms with Crippen molar-refractivity contribution < 1.29 is 19.4 Å². The Morgan fingerprint density at radius 2 is 1.73 bits per heavy atom. The first-order chi connectivity index (χ1) is 16.1. The molecule has 1 aliphatic heterocycles. The van der Waals surface area contributed by atoms with E-state index in [-0.39, 0.29) is 18.0 Å². The van der Waals surface area contributed by atoms with Crippen molar-refractivity contribution in [2.24, 2.45) is 0 Å². The highest BCUT2D eigenvalue weighted by molar-refractivity contribution is 5.94. The smallest absolute Gasteiger partial charge is 0.335 e. The third kappa shape index (κ3) is 4.23. The van der Waals surface area contributed by atoms with E-state index in [0.29, 0.717) is 12.3 Å². The number of carbonyl (C=O) groups is 2. The zero-order valence-electron chi connectivity index (χ0n) is 17.8. The minimum absolute atomic E-state index is 0.198. The first-order valence-corrected chi connectivity index (χ1v) is 10.7. The first kappa shape index (κ1) is 20.6. The van der Waals surface area contributed by atoms with Crippen LogP contribution in [0.1, 0.15) is 31.8 Å². The monoisotopic (exact) mass is 438 g/mol. The fraction of sp³-hybridized carbons (Fsp3) is 0.111. The molecule has 0 aromatic heterocycles. The van der Waals surface area contributed by atoms with Gasteiger partial charge < -0.3 is 20.1 Å². The Bertz CT molecular complexity index is 1350. The molecule has 0 atom stereocenters. The van der Waals surface area contributed by atoms with Gasteiger partial charge in [0.15, 0.2) is 6.73 Å². The molecule has 5 rings (SSSR count). The summed E-state index contributed by atoms with van der Waals surface area (Å²) in [7, 11) is 0. The van der Waals surface area contributed by atoms with E-state index >= 15 is 0 Å². The summed E-state index contributed by atoms with van der Waals surface area (Å²) in [4.78, 5) is 25.8.